The molecule has 0 saturated heterocycles. The number of methoxy groups -OCH3 is 1. The van der Waals surface area contributed by atoms with Crippen LogP contribution in [-0.2, 0) is 28.5 Å². The van der Waals surface area contributed by atoms with Crippen molar-refractivity contribution in [2.24, 2.45) is 0 Å². The number of hydrogen-bond acceptors (Lipinski definition) is 4. The molecule has 5 nitrogen and oxygen atoms in total. The van der Waals surface area contributed by atoms with E-state index in [2.05, 4.69) is 10.1 Å². The van der Waals surface area contributed by atoms with E-state index in [1.54, 1.807) is 18.2 Å². The second kappa shape index (κ2) is 11.9. The van der Waals surface area contributed by atoms with Gasteiger partial charge in [-0.3, -0.25) is 9.59 Å². The SMILES string of the molecule is COC(=O)CCc1ccc(Oc2cc(F)cc(CCNC(=O)c3ccc(C(F)(F)F)cc3C)c2)cc1C. The second-order valence-corrected chi connectivity index (χ2v) is 8.60. The van der Waals surface area contributed by atoms with Crippen molar-refractivity contribution in [1.29, 1.82) is 0 Å². The Morgan fingerprint density at radius 2 is 1.65 bits per heavy atom. The predicted molar refractivity (Wildman–Crippen MR) is 130 cm³/mol. The molecule has 0 fully saturated rings. The number of alkyl halides is 3. The molecule has 3 aromatic carbocycles. The Bertz CT molecular complexity index is 1290. The van der Waals surface area contributed by atoms with E-state index in [0.717, 1.165) is 29.3 Å². The van der Waals surface area contributed by atoms with Crippen molar-refractivity contribution in [3.8, 4) is 11.5 Å². The molecule has 0 bridgehead atoms. The molecule has 0 radical (unpaired) electrons. The molecule has 0 spiro atoms. The van der Waals surface area contributed by atoms with E-state index in [1.165, 1.54) is 26.2 Å². The van der Waals surface area contributed by atoms with Crippen LogP contribution in [0.3, 0.4) is 0 Å². The minimum atomic E-state index is -4.48. The van der Waals surface area contributed by atoms with Crippen molar-refractivity contribution >= 4 is 11.9 Å². The fourth-order valence-electron chi connectivity index (χ4n) is 3.82. The van der Waals surface area contributed by atoms with Crippen LogP contribution >= 0.6 is 0 Å². The molecule has 0 aromatic heterocycles. The van der Waals surface area contributed by atoms with Gasteiger partial charge in [-0.25, -0.2) is 4.39 Å². The number of hydrogen-bond donors (Lipinski definition) is 1. The Hall–Kier alpha value is -3.88. The molecular weight excluding hydrogens is 490 g/mol. The van der Waals surface area contributed by atoms with Crippen molar-refractivity contribution in [1.82, 2.24) is 5.32 Å². The lowest BCUT2D eigenvalue weighted by molar-refractivity contribution is -0.140. The fourth-order valence-corrected chi connectivity index (χ4v) is 3.82. The summed E-state index contributed by atoms with van der Waals surface area (Å²) in [5.41, 5.74) is 1.99. The molecule has 3 rings (SSSR count). The maximum atomic E-state index is 14.2. The molecule has 196 valence electrons. The Kier molecular flexibility index (Phi) is 8.91. The molecule has 9 heteroatoms. The number of carbonyl (C=O) groups excluding carboxylic acids is 2. The van der Waals surface area contributed by atoms with E-state index in [-0.39, 0.29) is 42.2 Å². The summed E-state index contributed by atoms with van der Waals surface area (Å²) in [6.45, 7) is 3.47. The van der Waals surface area contributed by atoms with Gasteiger partial charge in [0.15, 0.2) is 0 Å². The number of nitrogens with one attached hydrogen (secondary N) is 1. The van der Waals surface area contributed by atoms with E-state index in [4.69, 9.17) is 4.74 Å². The maximum absolute atomic E-state index is 14.2. The molecule has 0 aliphatic heterocycles. The highest BCUT2D eigenvalue weighted by Gasteiger charge is 2.31. The maximum Gasteiger partial charge on any atom is 0.416 e. The highest BCUT2D eigenvalue weighted by Crippen LogP contribution is 2.30. The number of rotatable bonds is 9. The molecule has 1 N–H and O–H groups in total. The summed E-state index contributed by atoms with van der Waals surface area (Å²) in [6.07, 6.45) is -3.41. The van der Waals surface area contributed by atoms with Gasteiger partial charge >= 0.3 is 12.1 Å². The van der Waals surface area contributed by atoms with Crippen LogP contribution in [-0.4, -0.2) is 25.5 Å². The molecule has 37 heavy (non-hydrogen) atoms. The Labute approximate surface area is 212 Å². The molecule has 3 aromatic rings. The minimum Gasteiger partial charge on any atom is -0.469 e. The molecule has 0 atom stereocenters. The van der Waals surface area contributed by atoms with E-state index in [1.807, 2.05) is 13.0 Å². The third-order valence-electron chi connectivity index (χ3n) is 5.80. The van der Waals surface area contributed by atoms with Gasteiger partial charge in [-0.1, -0.05) is 6.07 Å². The first-order chi connectivity index (χ1) is 17.5. The Balaban J connectivity index is 1.61. The van der Waals surface area contributed by atoms with Gasteiger partial charge in [-0.2, -0.15) is 13.2 Å². The number of aryl methyl sites for hydroxylation is 3. The first kappa shape index (κ1) is 27.7. The van der Waals surface area contributed by atoms with E-state index < -0.39 is 23.5 Å². The van der Waals surface area contributed by atoms with Crippen LogP contribution in [0.4, 0.5) is 17.6 Å². The standard InChI is InChI=1S/C28H27F4NO4/c1-17-13-23(7-4-20(17)5-9-26(34)36-3)37-24-15-19(14-22(29)16-24)10-11-33-27(35)25-8-6-21(12-18(25)2)28(30,31)32/h4,6-8,12-16H,5,9-11H2,1-3H3,(H,33,35). The van der Waals surface area contributed by atoms with Crippen LogP contribution in [0.5, 0.6) is 11.5 Å². The zero-order valence-corrected chi connectivity index (χ0v) is 20.7. The highest BCUT2D eigenvalue weighted by molar-refractivity contribution is 5.95. The lowest BCUT2D eigenvalue weighted by Crippen LogP contribution is -2.26. The lowest BCUT2D eigenvalue weighted by atomic mass is 10.0. The number of esters is 1. The third-order valence-corrected chi connectivity index (χ3v) is 5.80. The summed E-state index contributed by atoms with van der Waals surface area (Å²) in [5.74, 6) is -0.535. The molecular formula is C28H27F4NO4. The van der Waals surface area contributed by atoms with Gasteiger partial charge in [0.05, 0.1) is 12.7 Å². The Morgan fingerprint density at radius 3 is 2.30 bits per heavy atom. The zero-order valence-electron chi connectivity index (χ0n) is 20.7. The van der Waals surface area contributed by atoms with Crippen LogP contribution in [0.2, 0.25) is 0 Å². The van der Waals surface area contributed by atoms with E-state index >= 15 is 0 Å². The van der Waals surface area contributed by atoms with Crippen LogP contribution in [0.25, 0.3) is 0 Å². The molecule has 0 saturated carbocycles. The Morgan fingerprint density at radius 1 is 0.892 bits per heavy atom. The van der Waals surface area contributed by atoms with Crippen molar-refractivity contribution in [2.75, 3.05) is 13.7 Å². The number of benzene rings is 3. The van der Waals surface area contributed by atoms with Crippen LogP contribution in [0, 0.1) is 19.7 Å². The van der Waals surface area contributed by atoms with Crippen LogP contribution in [0.1, 0.15) is 44.6 Å². The summed E-state index contributed by atoms with van der Waals surface area (Å²) in [4.78, 5) is 23.8. The van der Waals surface area contributed by atoms with Crippen LogP contribution in [0.15, 0.2) is 54.6 Å². The first-order valence-electron chi connectivity index (χ1n) is 11.6. The van der Waals surface area contributed by atoms with Crippen molar-refractivity contribution in [3.05, 3.63) is 93.8 Å². The fraction of sp³-hybridized carbons (Fsp3) is 0.286. The summed E-state index contributed by atoms with van der Waals surface area (Å²) < 4.78 is 63.2. The predicted octanol–water partition coefficient (Wildman–Crippen LogP) is 6.33. The summed E-state index contributed by atoms with van der Waals surface area (Å²) in [7, 11) is 1.34. The number of amides is 1. The van der Waals surface area contributed by atoms with Crippen molar-refractivity contribution < 1.29 is 36.6 Å². The number of ether oxygens (including phenoxy) is 2. The van der Waals surface area contributed by atoms with Gasteiger partial charge in [-0.05, 0) is 91.4 Å². The second-order valence-electron chi connectivity index (χ2n) is 8.60. The van der Waals surface area contributed by atoms with Crippen molar-refractivity contribution in [3.63, 3.8) is 0 Å². The first-order valence-corrected chi connectivity index (χ1v) is 11.6. The normalized spacial score (nSPS) is 11.2. The number of halogens is 4. The summed E-state index contributed by atoms with van der Waals surface area (Å²) in [6, 6.07) is 12.5. The molecule has 0 unspecified atom stereocenters. The summed E-state index contributed by atoms with van der Waals surface area (Å²) in [5, 5.41) is 2.66. The van der Waals surface area contributed by atoms with Gasteiger partial charge in [-0.15, -0.1) is 0 Å². The average Bonchev–Trinajstić information content (AvgIpc) is 2.82. The molecule has 1 amide bonds. The van der Waals surface area contributed by atoms with Gasteiger partial charge in [0.1, 0.15) is 17.3 Å². The molecule has 0 aliphatic carbocycles. The largest absolute Gasteiger partial charge is 0.469 e. The van der Waals surface area contributed by atoms with E-state index in [9.17, 15) is 27.2 Å². The third kappa shape index (κ3) is 7.80. The van der Waals surface area contributed by atoms with E-state index in [0.29, 0.717) is 17.7 Å². The zero-order chi connectivity index (χ0) is 27.2. The average molecular weight is 518 g/mol. The smallest absolute Gasteiger partial charge is 0.416 e. The van der Waals surface area contributed by atoms with Gasteiger partial charge in [0, 0.05) is 24.6 Å². The topological polar surface area (TPSA) is 64.6 Å². The van der Waals surface area contributed by atoms with Crippen molar-refractivity contribution in [2.45, 2.75) is 39.3 Å². The van der Waals surface area contributed by atoms with Gasteiger partial charge in [0.25, 0.3) is 5.91 Å². The minimum absolute atomic E-state index is 0.140. The van der Waals surface area contributed by atoms with Gasteiger partial charge in [0.2, 0.25) is 0 Å². The molecule has 0 heterocycles. The lowest BCUT2D eigenvalue weighted by Gasteiger charge is -2.12. The quantitative estimate of drug-likeness (QED) is 0.266. The molecule has 0 aliphatic rings. The summed E-state index contributed by atoms with van der Waals surface area (Å²) >= 11 is 0. The number of carbonyl (C=O) groups is 2. The van der Waals surface area contributed by atoms with Gasteiger partial charge < -0.3 is 14.8 Å². The van der Waals surface area contributed by atoms with Crippen LogP contribution < -0.4 is 10.1 Å². The monoisotopic (exact) mass is 517 g/mol. The highest BCUT2D eigenvalue weighted by atomic mass is 19.4.